The number of benzene rings is 1. The number of anilines is 1. The highest BCUT2D eigenvalue weighted by Crippen LogP contribution is 2.24. The van der Waals surface area contributed by atoms with E-state index in [2.05, 4.69) is 15.6 Å². The predicted octanol–water partition coefficient (Wildman–Crippen LogP) is 4.90. The van der Waals surface area contributed by atoms with Crippen LogP contribution in [0, 0.1) is 19.8 Å². The lowest BCUT2D eigenvalue weighted by atomic mass is 9.89. The second-order valence-corrected chi connectivity index (χ2v) is 9.19. The van der Waals surface area contributed by atoms with Crippen molar-refractivity contribution < 1.29 is 24.2 Å². The largest absolute Gasteiger partial charge is 0.483 e. The van der Waals surface area contributed by atoms with Gasteiger partial charge < -0.3 is 26.2 Å². The standard InChI is InChI=1S/C18H28N4O.C10H12O2.CH2O2/c1-12(19)17(20-3)18(23)16-10-9-15(13(2)22-16)21-11-14-7-5-4-6-8-14;1-8-5-3-4-6-10(8)9(2)12-7-11;2-1-3/h9-10,14,20-21H,4-8,11,19H2,1-3H3;3-7,9H,1-2H3;1H,(H,2,3)/b17-12+;;. The highest BCUT2D eigenvalue weighted by atomic mass is 16.5. The van der Waals surface area contributed by atoms with Gasteiger partial charge in [0, 0.05) is 19.3 Å². The van der Waals surface area contributed by atoms with E-state index in [1.54, 1.807) is 20.0 Å². The molecule has 1 heterocycles. The summed E-state index contributed by atoms with van der Waals surface area (Å²) in [6.45, 7) is 8.71. The van der Waals surface area contributed by atoms with Crippen LogP contribution in [0.15, 0.2) is 47.8 Å². The van der Waals surface area contributed by atoms with Gasteiger partial charge in [-0.3, -0.25) is 14.4 Å². The zero-order valence-corrected chi connectivity index (χ0v) is 23.1. The fourth-order valence-electron chi connectivity index (χ4n) is 4.34. The van der Waals surface area contributed by atoms with E-state index < -0.39 is 0 Å². The zero-order chi connectivity index (χ0) is 28.5. The van der Waals surface area contributed by atoms with Crippen molar-refractivity contribution in [1.82, 2.24) is 10.3 Å². The van der Waals surface area contributed by atoms with E-state index >= 15 is 0 Å². The third-order valence-corrected chi connectivity index (χ3v) is 6.38. The third-order valence-electron chi connectivity index (χ3n) is 6.38. The number of allylic oxidation sites excluding steroid dienone is 2. The normalized spacial score (nSPS) is 14.2. The SMILES string of the molecule is CN/C(C(=O)c1ccc(NCC2CCCCC2)c(C)n1)=C(\C)N.Cc1ccccc1C(C)OC=O.O=CO. The molecule has 5 N–H and O–H groups in total. The molecule has 1 saturated carbocycles. The van der Waals surface area contributed by atoms with Crippen LogP contribution in [0.4, 0.5) is 5.69 Å². The van der Waals surface area contributed by atoms with E-state index in [-0.39, 0.29) is 18.4 Å². The lowest BCUT2D eigenvalue weighted by molar-refractivity contribution is -0.133. The van der Waals surface area contributed by atoms with Crippen LogP contribution in [-0.2, 0) is 14.3 Å². The molecule has 0 spiro atoms. The van der Waals surface area contributed by atoms with E-state index in [4.69, 9.17) is 20.4 Å². The van der Waals surface area contributed by atoms with Gasteiger partial charge >= 0.3 is 0 Å². The second-order valence-electron chi connectivity index (χ2n) is 9.19. The molecule has 1 aliphatic carbocycles. The molecule has 1 aromatic heterocycles. The summed E-state index contributed by atoms with van der Waals surface area (Å²) in [5, 5.41) is 13.2. The molecule has 9 heteroatoms. The van der Waals surface area contributed by atoms with Gasteiger partial charge in [-0.15, -0.1) is 0 Å². The fraction of sp³-hybridized carbons (Fsp3) is 0.448. The van der Waals surface area contributed by atoms with Crippen molar-refractivity contribution in [1.29, 1.82) is 0 Å². The van der Waals surface area contributed by atoms with Gasteiger partial charge in [-0.05, 0) is 69.7 Å². The molecule has 9 nitrogen and oxygen atoms in total. The van der Waals surface area contributed by atoms with Crippen LogP contribution in [0.3, 0.4) is 0 Å². The summed E-state index contributed by atoms with van der Waals surface area (Å²) in [6.07, 6.45) is 6.52. The molecule has 2 aromatic rings. The average Bonchev–Trinajstić information content (AvgIpc) is 2.90. The highest BCUT2D eigenvalue weighted by molar-refractivity contribution is 6.07. The van der Waals surface area contributed by atoms with Crippen LogP contribution in [0.25, 0.3) is 0 Å². The van der Waals surface area contributed by atoms with Crippen molar-refractivity contribution in [3.63, 3.8) is 0 Å². The minimum absolute atomic E-state index is 0.149. The average molecular weight is 527 g/mol. The minimum atomic E-state index is -0.250. The van der Waals surface area contributed by atoms with Crippen molar-refractivity contribution in [3.8, 4) is 0 Å². The molecule has 38 heavy (non-hydrogen) atoms. The van der Waals surface area contributed by atoms with Crippen molar-refractivity contribution in [2.45, 2.75) is 65.9 Å². The predicted molar refractivity (Wildman–Crippen MR) is 150 cm³/mol. The number of nitrogens with two attached hydrogens (primary N) is 1. The Morgan fingerprint density at radius 1 is 1.16 bits per heavy atom. The Labute approximate surface area is 225 Å². The van der Waals surface area contributed by atoms with Gasteiger partial charge in [-0.25, -0.2) is 4.98 Å². The van der Waals surface area contributed by atoms with Gasteiger partial charge in [0.2, 0.25) is 5.78 Å². The first-order valence-electron chi connectivity index (χ1n) is 12.8. The monoisotopic (exact) mass is 526 g/mol. The molecule has 1 unspecified atom stereocenters. The number of hydrogen-bond acceptors (Lipinski definition) is 8. The molecule has 1 aliphatic rings. The van der Waals surface area contributed by atoms with Crippen molar-refractivity contribution in [2.75, 3.05) is 18.9 Å². The maximum absolute atomic E-state index is 12.4. The Kier molecular flexibility index (Phi) is 14.9. The number of pyridine rings is 1. The number of ether oxygens (including phenoxy) is 1. The molecule has 0 bridgehead atoms. The minimum Gasteiger partial charge on any atom is -0.483 e. The maximum Gasteiger partial charge on any atom is 0.293 e. The second kappa shape index (κ2) is 17.6. The van der Waals surface area contributed by atoms with Crippen LogP contribution in [-0.4, -0.2) is 42.4 Å². The van der Waals surface area contributed by atoms with E-state index in [0.717, 1.165) is 35.0 Å². The number of nitrogens with one attached hydrogen (secondary N) is 2. The Hall–Kier alpha value is -3.88. The summed E-state index contributed by atoms with van der Waals surface area (Å²) in [6, 6.07) is 11.6. The van der Waals surface area contributed by atoms with Gasteiger partial charge in [-0.1, -0.05) is 43.5 Å². The number of carboxylic acid groups (broad SMARTS) is 1. The first-order valence-corrected chi connectivity index (χ1v) is 12.8. The smallest absolute Gasteiger partial charge is 0.293 e. The summed E-state index contributed by atoms with van der Waals surface area (Å²) in [5.74, 6) is 0.581. The van der Waals surface area contributed by atoms with Crippen LogP contribution < -0.4 is 16.4 Å². The summed E-state index contributed by atoms with van der Waals surface area (Å²) in [4.78, 5) is 35.3. The Morgan fingerprint density at radius 2 is 1.79 bits per heavy atom. The number of Topliss-reactive ketones (excluding diaryl/α,β-unsaturated/α-hetero) is 1. The van der Waals surface area contributed by atoms with E-state index in [9.17, 15) is 9.59 Å². The summed E-state index contributed by atoms with van der Waals surface area (Å²) in [7, 11) is 1.69. The first kappa shape index (κ1) is 32.1. The zero-order valence-electron chi connectivity index (χ0n) is 23.1. The number of rotatable bonds is 9. The maximum atomic E-state index is 12.4. The lowest BCUT2D eigenvalue weighted by Gasteiger charge is -2.22. The molecule has 1 aromatic carbocycles. The van der Waals surface area contributed by atoms with E-state index in [1.807, 2.05) is 51.1 Å². The Bertz CT molecular complexity index is 1060. The summed E-state index contributed by atoms with van der Waals surface area (Å²) >= 11 is 0. The molecule has 1 atom stereocenters. The van der Waals surface area contributed by atoms with Crippen molar-refractivity contribution in [2.24, 2.45) is 11.7 Å². The van der Waals surface area contributed by atoms with E-state index in [0.29, 0.717) is 23.6 Å². The Balaban J connectivity index is 0.000000403. The Morgan fingerprint density at radius 3 is 2.32 bits per heavy atom. The number of carbonyl (C=O) groups excluding carboxylic acids is 2. The van der Waals surface area contributed by atoms with Gasteiger partial charge in [0.1, 0.15) is 17.5 Å². The number of hydrogen-bond donors (Lipinski definition) is 4. The molecule has 1 fully saturated rings. The van der Waals surface area contributed by atoms with Crippen LogP contribution >= 0.6 is 0 Å². The number of ketones is 1. The molecule has 0 aliphatic heterocycles. The topological polar surface area (TPSA) is 144 Å². The molecule has 0 saturated heterocycles. The molecule has 0 amide bonds. The molecule has 0 radical (unpaired) electrons. The number of likely N-dealkylation sites (N-methyl/N-ethyl adjacent to an activating group) is 1. The summed E-state index contributed by atoms with van der Waals surface area (Å²) < 4.78 is 4.83. The van der Waals surface area contributed by atoms with Gasteiger partial charge in [0.15, 0.2) is 0 Å². The molecular formula is C29H42N4O5. The number of aromatic nitrogens is 1. The summed E-state index contributed by atoms with van der Waals surface area (Å²) in [5.41, 5.74) is 11.1. The molecule has 208 valence electrons. The highest BCUT2D eigenvalue weighted by Gasteiger charge is 2.17. The lowest BCUT2D eigenvalue weighted by Crippen LogP contribution is -2.22. The number of carbonyl (C=O) groups is 3. The van der Waals surface area contributed by atoms with Crippen LogP contribution in [0.5, 0.6) is 0 Å². The third kappa shape index (κ3) is 10.6. The van der Waals surface area contributed by atoms with Crippen LogP contribution in [0.2, 0.25) is 0 Å². The van der Waals surface area contributed by atoms with Crippen LogP contribution in [0.1, 0.15) is 79.4 Å². The molecule has 3 rings (SSSR count). The van der Waals surface area contributed by atoms with Crippen molar-refractivity contribution in [3.05, 3.63) is 70.3 Å². The van der Waals surface area contributed by atoms with Crippen molar-refractivity contribution >= 4 is 24.4 Å². The van der Waals surface area contributed by atoms with Gasteiger partial charge in [0.25, 0.3) is 12.9 Å². The van der Waals surface area contributed by atoms with E-state index in [1.165, 1.54) is 32.1 Å². The van der Waals surface area contributed by atoms with Gasteiger partial charge in [0.05, 0.1) is 11.4 Å². The quantitative estimate of drug-likeness (QED) is 0.204. The first-order chi connectivity index (χ1) is 18.2. The molecular weight excluding hydrogens is 484 g/mol. The number of nitrogens with zero attached hydrogens (tertiary/aromatic N) is 1. The fourth-order valence-corrected chi connectivity index (χ4v) is 4.34. The van der Waals surface area contributed by atoms with Gasteiger partial charge in [-0.2, -0.15) is 0 Å². The number of aryl methyl sites for hydroxylation is 2.